The number of pyridine rings is 1. The van der Waals surface area contributed by atoms with Crippen LogP contribution in [0.5, 0.6) is 0 Å². The van der Waals surface area contributed by atoms with Crippen LogP contribution in [0.15, 0.2) is 18.5 Å². The minimum absolute atomic E-state index is 0.788. The van der Waals surface area contributed by atoms with Gasteiger partial charge in [-0.15, -0.1) is 0 Å². The molecule has 1 fully saturated rings. The van der Waals surface area contributed by atoms with Gasteiger partial charge in [-0.05, 0) is 31.4 Å². The highest BCUT2D eigenvalue weighted by molar-refractivity contribution is 5.66. The first-order valence-corrected chi connectivity index (χ1v) is 7.33. The summed E-state index contributed by atoms with van der Waals surface area (Å²) in [6.07, 6.45) is 6.21. The molecule has 0 radical (unpaired) electrons. The fourth-order valence-electron chi connectivity index (χ4n) is 2.62. The van der Waals surface area contributed by atoms with Crippen LogP contribution in [0.2, 0.25) is 0 Å². The summed E-state index contributed by atoms with van der Waals surface area (Å²) < 4.78 is 0. The molecule has 0 amide bonds. The summed E-state index contributed by atoms with van der Waals surface area (Å²) in [5, 5.41) is 0. The summed E-state index contributed by atoms with van der Waals surface area (Å²) >= 11 is 0. The van der Waals surface area contributed by atoms with Crippen molar-refractivity contribution >= 4 is 11.4 Å². The average molecular weight is 262 g/mol. The molecule has 106 valence electrons. The van der Waals surface area contributed by atoms with E-state index in [1.54, 1.807) is 6.20 Å². The Morgan fingerprint density at radius 1 is 1.26 bits per heavy atom. The monoisotopic (exact) mass is 262 g/mol. The maximum Gasteiger partial charge on any atom is 0.0738 e. The van der Waals surface area contributed by atoms with Crippen LogP contribution in [-0.4, -0.2) is 42.6 Å². The van der Waals surface area contributed by atoms with Crippen molar-refractivity contribution in [3.8, 4) is 0 Å². The Balaban J connectivity index is 1.78. The van der Waals surface area contributed by atoms with E-state index in [4.69, 9.17) is 5.73 Å². The number of nitrogens with two attached hydrogens (primary N) is 1. The Morgan fingerprint density at radius 3 is 2.63 bits per heavy atom. The number of nitrogens with zero attached hydrogens (tertiary/aromatic N) is 3. The van der Waals surface area contributed by atoms with Crippen molar-refractivity contribution in [1.29, 1.82) is 0 Å². The Bertz CT molecular complexity index is 383. The lowest BCUT2D eigenvalue weighted by molar-refractivity contribution is 0.249. The first-order chi connectivity index (χ1) is 9.16. The van der Waals surface area contributed by atoms with E-state index >= 15 is 0 Å². The standard InChI is InChI=1S/C15H26N4/c1-13(2)4-3-7-18-8-10-19(11-9-18)15-5-6-17-12-14(15)16/h5-6,12-13H,3-4,7-11,16H2,1-2H3. The Hall–Kier alpha value is -1.29. The number of hydrogen-bond acceptors (Lipinski definition) is 4. The van der Waals surface area contributed by atoms with Crippen LogP contribution in [0.1, 0.15) is 26.7 Å². The van der Waals surface area contributed by atoms with Gasteiger partial charge >= 0.3 is 0 Å². The molecule has 1 aromatic heterocycles. The molecule has 2 heterocycles. The van der Waals surface area contributed by atoms with E-state index in [9.17, 15) is 0 Å². The molecule has 0 atom stereocenters. The molecule has 0 unspecified atom stereocenters. The second-order valence-electron chi connectivity index (χ2n) is 5.80. The van der Waals surface area contributed by atoms with Gasteiger partial charge < -0.3 is 10.6 Å². The van der Waals surface area contributed by atoms with Gasteiger partial charge in [0.05, 0.1) is 17.6 Å². The van der Waals surface area contributed by atoms with Crippen LogP contribution in [0, 0.1) is 5.92 Å². The zero-order valence-corrected chi connectivity index (χ0v) is 12.2. The minimum Gasteiger partial charge on any atom is -0.396 e. The lowest BCUT2D eigenvalue weighted by atomic mass is 10.1. The fourth-order valence-corrected chi connectivity index (χ4v) is 2.62. The first kappa shape index (κ1) is 14.1. The number of piperazine rings is 1. The van der Waals surface area contributed by atoms with Crippen molar-refractivity contribution < 1.29 is 0 Å². The van der Waals surface area contributed by atoms with Crippen LogP contribution >= 0.6 is 0 Å². The number of hydrogen-bond donors (Lipinski definition) is 1. The maximum atomic E-state index is 5.98. The molecule has 0 saturated carbocycles. The van der Waals surface area contributed by atoms with Crippen molar-refractivity contribution in [2.75, 3.05) is 43.4 Å². The predicted octanol–water partition coefficient (Wildman–Crippen LogP) is 2.22. The van der Waals surface area contributed by atoms with Crippen molar-refractivity contribution in [2.45, 2.75) is 26.7 Å². The summed E-state index contributed by atoms with van der Waals surface area (Å²) in [5.41, 5.74) is 7.91. The van der Waals surface area contributed by atoms with Gasteiger partial charge in [0.25, 0.3) is 0 Å². The SMILES string of the molecule is CC(C)CCCN1CCN(c2ccncc2N)CC1. The second-order valence-corrected chi connectivity index (χ2v) is 5.80. The zero-order valence-electron chi connectivity index (χ0n) is 12.2. The van der Waals surface area contributed by atoms with E-state index in [-0.39, 0.29) is 0 Å². The van der Waals surface area contributed by atoms with Crippen LogP contribution < -0.4 is 10.6 Å². The van der Waals surface area contributed by atoms with E-state index in [1.807, 2.05) is 12.3 Å². The van der Waals surface area contributed by atoms with Gasteiger partial charge in [0.1, 0.15) is 0 Å². The third-order valence-electron chi connectivity index (χ3n) is 3.80. The van der Waals surface area contributed by atoms with Gasteiger partial charge in [0, 0.05) is 32.4 Å². The van der Waals surface area contributed by atoms with Crippen LogP contribution in [0.4, 0.5) is 11.4 Å². The summed E-state index contributed by atoms with van der Waals surface area (Å²) in [6.45, 7) is 10.2. The lowest BCUT2D eigenvalue weighted by Gasteiger charge is -2.36. The van der Waals surface area contributed by atoms with E-state index in [1.165, 1.54) is 19.4 Å². The van der Waals surface area contributed by atoms with Gasteiger partial charge in [-0.2, -0.15) is 0 Å². The van der Waals surface area contributed by atoms with Crippen LogP contribution in [0.3, 0.4) is 0 Å². The first-order valence-electron chi connectivity index (χ1n) is 7.33. The molecule has 0 aliphatic carbocycles. The Labute approximate surface area is 116 Å². The molecule has 1 aliphatic heterocycles. The minimum atomic E-state index is 0.788. The quantitative estimate of drug-likeness (QED) is 0.884. The molecule has 1 aliphatic rings. The third kappa shape index (κ3) is 4.10. The molecular weight excluding hydrogens is 236 g/mol. The van der Waals surface area contributed by atoms with E-state index in [0.29, 0.717) is 0 Å². The summed E-state index contributed by atoms with van der Waals surface area (Å²) in [5.74, 6) is 0.818. The predicted molar refractivity (Wildman–Crippen MR) is 81.4 cm³/mol. The largest absolute Gasteiger partial charge is 0.396 e. The molecular formula is C15H26N4. The van der Waals surface area contributed by atoms with Crippen molar-refractivity contribution in [2.24, 2.45) is 5.92 Å². The van der Waals surface area contributed by atoms with Gasteiger partial charge in [-0.3, -0.25) is 9.88 Å². The van der Waals surface area contributed by atoms with E-state index in [2.05, 4.69) is 28.6 Å². The zero-order chi connectivity index (χ0) is 13.7. The second kappa shape index (κ2) is 6.75. The highest BCUT2D eigenvalue weighted by atomic mass is 15.3. The normalized spacial score (nSPS) is 17.1. The molecule has 1 saturated heterocycles. The number of nitrogen functional groups attached to an aromatic ring is 1. The van der Waals surface area contributed by atoms with Crippen LogP contribution in [0.25, 0.3) is 0 Å². The van der Waals surface area contributed by atoms with Gasteiger partial charge in [-0.25, -0.2) is 0 Å². The van der Waals surface area contributed by atoms with Crippen LogP contribution in [-0.2, 0) is 0 Å². The Morgan fingerprint density at radius 2 is 2.00 bits per heavy atom. The third-order valence-corrected chi connectivity index (χ3v) is 3.80. The van der Waals surface area contributed by atoms with Crippen molar-refractivity contribution in [3.63, 3.8) is 0 Å². The van der Waals surface area contributed by atoms with Gasteiger partial charge in [0.2, 0.25) is 0 Å². The van der Waals surface area contributed by atoms with Gasteiger partial charge in [-0.1, -0.05) is 13.8 Å². The molecule has 0 bridgehead atoms. The topological polar surface area (TPSA) is 45.4 Å². The molecule has 2 rings (SSSR count). The summed E-state index contributed by atoms with van der Waals surface area (Å²) in [4.78, 5) is 8.99. The van der Waals surface area contributed by atoms with Crippen molar-refractivity contribution in [3.05, 3.63) is 18.5 Å². The highest BCUT2D eigenvalue weighted by Gasteiger charge is 2.18. The lowest BCUT2D eigenvalue weighted by Crippen LogP contribution is -2.46. The summed E-state index contributed by atoms with van der Waals surface area (Å²) in [6, 6.07) is 2.02. The van der Waals surface area contributed by atoms with Crippen molar-refractivity contribution in [1.82, 2.24) is 9.88 Å². The summed E-state index contributed by atoms with van der Waals surface area (Å²) in [7, 11) is 0. The van der Waals surface area contributed by atoms with E-state index < -0.39 is 0 Å². The van der Waals surface area contributed by atoms with Gasteiger partial charge in [0.15, 0.2) is 0 Å². The molecule has 2 N–H and O–H groups in total. The molecule has 0 aromatic carbocycles. The molecule has 1 aromatic rings. The molecule has 4 heteroatoms. The number of anilines is 2. The molecule has 0 spiro atoms. The number of aromatic nitrogens is 1. The molecule has 19 heavy (non-hydrogen) atoms. The average Bonchev–Trinajstić information content (AvgIpc) is 2.40. The molecule has 4 nitrogen and oxygen atoms in total. The van der Waals surface area contributed by atoms with E-state index in [0.717, 1.165) is 43.5 Å². The fraction of sp³-hybridized carbons (Fsp3) is 0.667. The highest BCUT2D eigenvalue weighted by Crippen LogP contribution is 2.22. The smallest absolute Gasteiger partial charge is 0.0738 e. The Kier molecular flexibility index (Phi) is 5.02. The maximum absolute atomic E-state index is 5.98. The number of rotatable bonds is 5.